The second kappa shape index (κ2) is 8.97. The van der Waals surface area contributed by atoms with Crippen LogP contribution in [-0.2, 0) is 11.3 Å². The molecular formula is C23H30ClN3O. The summed E-state index contributed by atoms with van der Waals surface area (Å²) in [5, 5.41) is 1.32. The Morgan fingerprint density at radius 3 is 2.46 bits per heavy atom. The van der Waals surface area contributed by atoms with Gasteiger partial charge in [0, 0.05) is 44.0 Å². The quantitative estimate of drug-likeness (QED) is 0.597. The average molecular weight is 400 g/mol. The Bertz CT molecular complexity index is 914. The van der Waals surface area contributed by atoms with Crippen LogP contribution in [0.5, 0.6) is 0 Å². The number of hydrogen-bond acceptors (Lipinski definition) is 3. The van der Waals surface area contributed by atoms with Crippen LogP contribution in [0.2, 0.25) is 0 Å². The zero-order valence-electron chi connectivity index (χ0n) is 17.0. The van der Waals surface area contributed by atoms with E-state index in [0.717, 1.165) is 25.5 Å². The van der Waals surface area contributed by atoms with Crippen LogP contribution >= 0.6 is 12.4 Å². The molecule has 1 saturated heterocycles. The van der Waals surface area contributed by atoms with Crippen LogP contribution in [0.4, 0.5) is 5.82 Å². The molecule has 3 heterocycles. The first-order valence-corrected chi connectivity index (χ1v) is 9.94. The average Bonchev–Trinajstić information content (AvgIpc) is 2.97. The van der Waals surface area contributed by atoms with E-state index in [4.69, 9.17) is 9.72 Å². The topological polar surface area (TPSA) is 30.3 Å². The van der Waals surface area contributed by atoms with Crippen LogP contribution in [0.3, 0.4) is 0 Å². The zero-order valence-corrected chi connectivity index (χ0v) is 17.8. The maximum absolute atomic E-state index is 5.35. The van der Waals surface area contributed by atoms with Crippen molar-refractivity contribution in [2.24, 2.45) is 0 Å². The number of ether oxygens (including phenoxy) is 1. The molecule has 5 heteroatoms. The standard InChI is InChI=1S/C23H29N3O.ClH/c1-17-18(2)26(15-16-27-3)22-21(17)9-12-24-23(22)25-13-10-20(11-14-25)19-7-5-4-6-8-19;/h4-9,12,20H,10-11,13-16H2,1-3H3;1H. The normalized spacial score (nSPS) is 15.0. The highest BCUT2D eigenvalue weighted by atomic mass is 35.5. The third-order valence-corrected chi connectivity index (χ3v) is 6.11. The lowest BCUT2D eigenvalue weighted by molar-refractivity contribution is 0.188. The highest BCUT2D eigenvalue weighted by Gasteiger charge is 2.24. The molecule has 2 aromatic heterocycles. The van der Waals surface area contributed by atoms with Gasteiger partial charge in [0.05, 0.1) is 12.1 Å². The minimum Gasteiger partial charge on any atom is -0.383 e. The minimum atomic E-state index is 0. The van der Waals surface area contributed by atoms with Crippen molar-refractivity contribution in [2.45, 2.75) is 39.2 Å². The number of aryl methyl sites for hydroxylation is 1. The van der Waals surface area contributed by atoms with Crippen LogP contribution in [-0.4, -0.2) is 36.4 Å². The molecule has 0 bridgehead atoms. The molecule has 3 aromatic rings. The largest absolute Gasteiger partial charge is 0.383 e. The minimum absolute atomic E-state index is 0. The summed E-state index contributed by atoms with van der Waals surface area (Å²) in [5.74, 6) is 1.79. The second-order valence-corrected chi connectivity index (χ2v) is 7.56. The number of fused-ring (bicyclic) bond motifs is 1. The van der Waals surface area contributed by atoms with Crippen molar-refractivity contribution in [3.63, 3.8) is 0 Å². The van der Waals surface area contributed by atoms with E-state index in [1.54, 1.807) is 7.11 Å². The Kier molecular flexibility index (Phi) is 6.63. The molecule has 28 heavy (non-hydrogen) atoms. The van der Waals surface area contributed by atoms with Gasteiger partial charge in [0.1, 0.15) is 0 Å². The number of halogens is 1. The summed E-state index contributed by atoms with van der Waals surface area (Å²) < 4.78 is 7.74. The number of aromatic nitrogens is 2. The summed E-state index contributed by atoms with van der Waals surface area (Å²) in [6.07, 6.45) is 4.33. The first kappa shape index (κ1) is 20.7. The number of piperidine rings is 1. The molecule has 0 radical (unpaired) electrons. The molecule has 1 fully saturated rings. The summed E-state index contributed by atoms with van der Waals surface area (Å²) in [6.45, 7) is 8.11. The fourth-order valence-corrected chi connectivity index (χ4v) is 4.42. The van der Waals surface area contributed by atoms with Gasteiger partial charge in [-0.15, -0.1) is 12.4 Å². The van der Waals surface area contributed by atoms with Gasteiger partial charge >= 0.3 is 0 Å². The predicted molar refractivity (Wildman–Crippen MR) is 119 cm³/mol. The van der Waals surface area contributed by atoms with Gasteiger partial charge in [0.15, 0.2) is 5.82 Å². The van der Waals surface area contributed by atoms with Crippen molar-refractivity contribution < 1.29 is 4.74 Å². The van der Waals surface area contributed by atoms with E-state index in [1.165, 1.54) is 40.6 Å². The van der Waals surface area contributed by atoms with E-state index in [2.05, 4.69) is 59.7 Å². The van der Waals surface area contributed by atoms with Crippen molar-refractivity contribution in [1.82, 2.24) is 9.55 Å². The molecule has 0 atom stereocenters. The molecule has 0 aliphatic carbocycles. The maximum Gasteiger partial charge on any atom is 0.153 e. The Hall–Kier alpha value is -2.04. The monoisotopic (exact) mass is 399 g/mol. The SMILES string of the molecule is COCCn1c(C)c(C)c2ccnc(N3CCC(c4ccccc4)CC3)c21.Cl. The van der Waals surface area contributed by atoms with Gasteiger partial charge in [0.25, 0.3) is 0 Å². The molecule has 4 nitrogen and oxygen atoms in total. The van der Waals surface area contributed by atoms with E-state index in [-0.39, 0.29) is 12.4 Å². The zero-order chi connectivity index (χ0) is 18.8. The number of nitrogens with zero attached hydrogens (tertiary/aromatic N) is 3. The lowest BCUT2D eigenvalue weighted by Crippen LogP contribution is -2.34. The van der Waals surface area contributed by atoms with Crippen molar-refractivity contribution >= 4 is 29.1 Å². The molecule has 1 aromatic carbocycles. The summed E-state index contributed by atoms with van der Waals surface area (Å²) in [6, 6.07) is 13.1. The number of hydrogen-bond donors (Lipinski definition) is 0. The van der Waals surface area contributed by atoms with Gasteiger partial charge in [-0.25, -0.2) is 4.98 Å². The summed E-state index contributed by atoms with van der Waals surface area (Å²) >= 11 is 0. The van der Waals surface area contributed by atoms with Crippen molar-refractivity contribution in [2.75, 3.05) is 31.7 Å². The van der Waals surface area contributed by atoms with Gasteiger partial charge < -0.3 is 14.2 Å². The molecule has 150 valence electrons. The van der Waals surface area contributed by atoms with E-state index in [1.807, 2.05) is 6.20 Å². The maximum atomic E-state index is 5.35. The lowest BCUT2D eigenvalue weighted by atomic mass is 9.89. The Labute approximate surface area is 173 Å². The lowest BCUT2D eigenvalue weighted by Gasteiger charge is -2.33. The van der Waals surface area contributed by atoms with Gasteiger partial charge in [0.2, 0.25) is 0 Å². The molecule has 4 rings (SSSR count). The smallest absolute Gasteiger partial charge is 0.153 e. The highest BCUT2D eigenvalue weighted by Crippen LogP contribution is 2.35. The molecule has 0 unspecified atom stereocenters. The van der Waals surface area contributed by atoms with Crippen LogP contribution in [0.1, 0.15) is 35.6 Å². The first-order chi connectivity index (χ1) is 13.2. The Morgan fingerprint density at radius 1 is 1.07 bits per heavy atom. The summed E-state index contributed by atoms with van der Waals surface area (Å²) in [4.78, 5) is 7.29. The van der Waals surface area contributed by atoms with Gasteiger partial charge in [-0.05, 0) is 49.8 Å². The van der Waals surface area contributed by atoms with E-state index in [0.29, 0.717) is 12.5 Å². The number of rotatable bonds is 5. The summed E-state index contributed by atoms with van der Waals surface area (Å²) in [5.41, 5.74) is 5.40. The van der Waals surface area contributed by atoms with Gasteiger partial charge in [-0.1, -0.05) is 30.3 Å². The number of methoxy groups -OCH3 is 1. The van der Waals surface area contributed by atoms with Crippen molar-refractivity contribution in [1.29, 1.82) is 0 Å². The summed E-state index contributed by atoms with van der Waals surface area (Å²) in [7, 11) is 1.77. The highest BCUT2D eigenvalue weighted by molar-refractivity contribution is 5.93. The van der Waals surface area contributed by atoms with E-state index < -0.39 is 0 Å². The van der Waals surface area contributed by atoms with Crippen molar-refractivity contribution in [3.05, 3.63) is 59.4 Å². The molecular weight excluding hydrogens is 370 g/mol. The fourth-order valence-electron chi connectivity index (χ4n) is 4.42. The molecule has 1 aliphatic heterocycles. The second-order valence-electron chi connectivity index (χ2n) is 7.56. The van der Waals surface area contributed by atoms with Gasteiger partial charge in [-0.3, -0.25) is 0 Å². The Morgan fingerprint density at radius 2 is 1.79 bits per heavy atom. The molecule has 0 spiro atoms. The van der Waals surface area contributed by atoms with Crippen LogP contribution < -0.4 is 4.90 Å². The number of pyridine rings is 1. The van der Waals surface area contributed by atoms with Crippen LogP contribution in [0, 0.1) is 13.8 Å². The number of benzene rings is 1. The van der Waals surface area contributed by atoms with E-state index >= 15 is 0 Å². The molecule has 0 amide bonds. The molecule has 1 aliphatic rings. The molecule has 0 saturated carbocycles. The van der Waals surface area contributed by atoms with E-state index in [9.17, 15) is 0 Å². The predicted octanol–water partition coefficient (Wildman–Crippen LogP) is 5.11. The fraction of sp³-hybridized carbons (Fsp3) is 0.435. The third kappa shape index (κ3) is 3.76. The Balaban J connectivity index is 0.00000225. The van der Waals surface area contributed by atoms with Crippen LogP contribution in [0.15, 0.2) is 42.6 Å². The van der Waals surface area contributed by atoms with Gasteiger partial charge in [-0.2, -0.15) is 0 Å². The number of anilines is 1. The van der Waals surface area contributed by atoms with Crippen molar-refractivity contribution in [3.8, 4) is 0 Å². The molecule has 0 N–H and O–H groups in total. The first-order valence-electron chi connectivity index (χ1n) is 9.94. The third-order valence-electron chi connectivity index (χ3n) is 6.11. The van der Waals surface area contributed by atoms with Crippen LogP contribution in [0.25, 0.3) is 10.9 Å².